The molecule has 0 spiro atoms. The van der Waals surface area contributed by atoms with E-state index in [0.29, 0.717) is 11.1 Å². The lowest BCUT2D eigenvalue weighted by Gasteiger charge is -2.06. The van der Waals surface area contributed by atoms with Gasteiger partial charge in [0.2, 0.25) is 0 Å². The van der Waals surface area contributed by atoms with Crippen LogP contribution in [0.25, 0.3) is 11.0 Å². The van der Waals surface area contributed by atoms with Crippen LogP contribution in [0.15, 0.2) is 4.47 Å². The van der Waals surface area contributed by atoms with Gasteiger partial charge in [0, 0.05) is 13.5 Å². The quantitative estimate of drug-likeness (QED) is 0.841. The highest BCUT2D eigenvalue weighted by Gasteiger charge is 2.16. The van der Waals surface area contributed by atoms with Crippen LogP contribution in [0.5, 0.6) is 0 Å². The van der Waals surface area contributed by atoms with Crippen molar-refractivity contribution < 1.29 is 0 Å². The van der Waals surface area contributed by atoms with Gasteiger partial charge in [-0.25, -0.2) is 9.97 Å². The zero-order chi connectivity index (χ0) is 12.7. The summed E-state index contributed by atoms with van der Waals surface area (Å²) in [5.74, 6) is 1.43. The zero-order valence-electron chi connectivity index (χ0n) is 10.4. The van der Waals surface area contributed by atoms with Crippen LogP contribution in [0.3, 0.4) is 0 Å². The van der Waals surface area contributed by atoms with Crippen molar-refractivity contribution in [3.05, 3.63) is 21.1 Å². The van der Waals surface area contributed by atoms with Gasteiger partial charge in [-0.15, -0.1) is 0 Å². The third-order valence-corrected chi connectivity index (χ3v) is 4.16. The fourth-order valence-electron chi connectivity index (χ4n) is 1.91. The Morgan fingerprint density at radius 3 is 2.59 bits per heavy atom. The molecule has 2 rings (SSSR count). The lowest BCUT2D eigenvalue weighted by Crippen LogP contribution is -2.04. The largest absolute Gasteiger partial charge is 0.318 e. The maximum Gasteiger partial charge on any atom is 0.146 e. The highest BCUT2D eigenvalue weighted by molar-refractivity contribution is 9.10. The third-order valence-electron chi connectivity index (χ3n) is 2.72. The number of rotatable bonds is 2. The highest BCUT2D eigenvalue weighted by atomic mass is 79.9. The van der Waals surface area contributed by atoms with Crippen molar-refractivity contribution in [2.75, 3.05) is 0 Å². The number of aryl methyl sites for hydroxylation is 2. The summed E-state index contributed by atoms with van der Waals surface area (Å²) in [5, 5.41) is 1.67. The first-order valence-corrected chi connectivity index (χ1v) is 6.75. The van der Waals surface area contributed by atoms with Gasteiger partial charge in [0.05, 0.1) is 15.6 Å². The maximum absolute atomic E-state index is 6.20. The topological polar surface area (TPSA) is 30.7 Å². The Labute approximate surface area is 114 Å². The van der Waals surface area contributed by atoms with Crippen molar-refractivity contribution in [1.82, 2.24) is 14.5 Å². The van der Waals surface area contributed by atoms with Crippen molar-refractivity contribution in [1.29, 1.82) is 0 Å². The van der Waals surface area contributed by atoms with E-state index in [1.54, 1.807) is 0 Å². The summed E-state index contributed by atoms with van der Waals surface area (Å²) in [6.45, 7) is 6.32. The molecule has 0 aromatic carbocycles. The van der Waals surface area contributed by atoms with Crippen molar-refractivity contribution >= 4 is 38.6 Å². The fourth-order valence-corrected chi connectivity index (χ4v) is 2.82. The summed E-state index contributed by atoms with van der Waals surface area (Å²) in [4.78, 5) is 9.14. The first-order valence-electron chi connectivity index (χ1n) is 5.58. The lowest BCUT2D eigenvalue weighted by atomic mass is 10.1. The minimum Gasteiger partial charge on any atom is -0.318 e. The van der Waals surface area contributed by atoms with Crippen LogP contribution in [-0.4, -0.2) is 14.5 Å². The van der Waals surface area contributed by atoms with Gasteiger partial charge < -0.3 is 4.57 Å². The number of halogens is 2. The van der Waals surface area contributed by atoms with Crippen LogP contribution in [0, 0.1) is 12.8 Å². The number of fused-ring (bicyclic) bond motifs is 1. The Morgan fingerprint density at radius 1 is 1.35 bits per heavy atom. The second kappa shape index (κ2) is 4.58. The van der Waals surface area contributed by atoms with Gasteiger partial charge in [-0.3, -0.25) is 0 Å². The van der Waals surface area contributed by atoms with Crippen molar-refractivity contribution in [2.45, 2.75) is 27.2 Å². The average Bonchev–Trinajstić information content (AvgIpc) is 2.43. The molecule has 2 aromatic rings. The molecule has 5 heteroatoms. The van der Waals surface area contributed by atoms with Gasteiger partial charge in [0.25, 0.3) is 0 Å². The molecule has 2 heterocycles. The van der Waals surface area contributed by atoms with Crippen LogP contribution in [0.1, 0.15) is 25.4 Å². The highest BCUT2D eigenvalue weighted by Crippen LogP contribution is 2.34. The molecule has 0 aliphatic rings. The standard InChI is InChI=1S/C12H15BrClN3/c1-6(2)5-8-15-7(3)9-10(13)11(14)17(4)12(9)16-8/h6H,5H2,1-4H3. The summed E-state index contributed by atoms with van der Waals surface area (Å²) < 4.78 is 2.77. The second-order valence-corrected chi connectivity index (χ2v) is 5.84. The van der Waals surface area contributed by atoms with E-state index in [-0.39, 0.29) is 0 Å². The molecule has 0 saturated heterocycles. The molecule has 0 aliphatic carbocycles. The first-order chi connectivity index (χ1) is 7.91. The van der Waals surface area contributed by atoms with Gasteiger partial charge in [0.1, 0.15) is 16.6 Å². The number of hydrogen-bond acceptors (Lipinski definition) is 2. The SMILES string of the molecule is Cc1nc(CC(C)C)nc2c1c(Br)c(Cl)n2C. The Hall–Kier alpha value is -0.610. The number of hydrogen-bond donors (Lipinski definition) is 0. The zero-order valence-corrected chi connectivity index (χ0v) is 12.7. The second-order valence-electron chi connectivity index (χ2n) is 4.69. The fraction of sp³-hybridized carbons (Fsp3) is 0.500. The van der Waals surface area contributed by atoms with E-state index in [4.69, 9.17) is 11.6 Å². The summed E-state index contributed by atoms with van der Waals surface area (Å²) in [5.41, 5.74) is 1.87. The minimum absolute atomic E-state index is 0.547. The van der Waals surface area contributed by atoms with Crippen molar-refractivity contribution in [2.24, 2.45) is 13.0 Å². The molecule has 0 fully saturated rings. The van der Waals surface area contributed by atoms with Crippen molar-refractivity contribution in [3.8, 4) is 0 Å². The molecule has 2 aromatic heterocycles. The van der Waals surface area contributed by atoms with Crippen LogP contribution < -0.4 is 0 Å². The molecule has 0 bridgehead atoms. The Kier molecular flexibility index (Phi) is 3.46. The van der Waals surface area contributed by atoms with E-state index in [0.717, 1.165) is 33.4 Å². The molecule has 0 amide bonds. The molecule has 0 N–H and O–H groups in total. The normalized spacial score (nSPS) is 11.7. The van der Waals surface area contributed by atoms with Crippen LogP contribution in [0.2, 0.25) is 5.15 Å². The van der Waals surface area contributed by atoms with E-state index in [9.17, 15) is 0 Å². The summed E-state index contributed by atoms with van der Waals surface area (Å²) in [6.07, 6.45) is 0.886. The summed E-state index contributed by atoms with van der Waals surface area (Å²) >= 11 is 9.69. The van der Waals surface area contributed by atoms with Crippen LogP contribution in [0.4, 0.5) is 0 Å². The van der Waals surface area contributed by atoms with E-state index in [1.165, 1.54) is 0 Å². The number of aromatic nitrogens is 3. The van der Waals surface area contributed by atoms with E-state index < -0.39 is 0 Å². The predicted octanol–water partition coefficient (Wildman–Crippen LogP) is 3.89. The molecule has 92 valence electrons. The summed E-state index contributed by atoms with van der Waals surface area (Å²) in [7, 11) is 1.92. The molecule has 0 unspecified atom stereocenters. The average molecular weight is 317 g/mol. The maximum atomic E-state index is 6.20. The Balaban J connectivity index is 2.69. The minimum atomic E-state index is 0.547. The van der Waals surface area contributed by atoms with Gasteiger partial charge in [-0.05, 0) is 28.8 Å². The smallest absolute Gasteiger partial charge is 0.146 e. The van der Waals surface area contributed by atoms with E-state index in [1.807, 2.05) is 18.5 Å². The Bertz CT molecular complexity index is 575. The van der Waals surface area contributed by atoms with Crippen molar-refractivity contribution in [3.63, 3.8) is 0 Å². The summed E-state index contributed by atoms with van der Waals surface area (Å²) in [6, 6.07) is 0. The third kappa shape index (κ3) is 2.20. The van der Waals surface area contributed by atoms with E-state index >= 15 is 0 Å². The molecule has 0 aliphatic heterocycles. The molecular formula is C12H15BrClN3. The van der Waals surface area contributed by atoms with Gasteiger partial charge in [0.15, 0.2) is 0 Å². The Morgan fingerprint density at radius 2 is 2.00 bits per heavy atom. The molecule has 0 radical (unpaired) electrons. The molecule has 17 heavy (non-hydrogen) atoms. The van der Waals surface area contributed by atoms with Gasteiger partial charge in [-0.1, -0.05) is 25.4 Å². The monoisotopic (exact) mass is 315 g/mol. The van der Waals surface area contributed by atoms with Gasteiger partial charge in [-0.2, -0.15) is 0 Å². The lowest BCUT2D eigenvalue weighted by molar-refractivity contribution is 0.620. The van der Waals surface area contributed by atoms with Crippen LogP contribution >= 0.6 is 27.5 Å². The number of nitrogens with zero attached hydrogens (tertiary/aromatic N) is 3. The molecule has 3 nitrogen and oxygen atoms in total. The molecular weight excluding hydrogens is 302 g/mol. The van der Waals surface area contributed by atoms with E-state index in [2.05, 4.69) is 39.7 Å². The first kappa shape index (κ1) is 12.8. The molecule has 0 atom stereocenters. The predicted molar refractivity (Wildman–Crippen MR) is 74.5 cm³/mol. The van der Waals surface area contributed by atoms with Crippen LogP contribution in [-0.2, 0) is 13.5 Å². The molecule has 0 saturated carbocycles. The van der Waals surface area contributed by atoms with Gasteiger partial charge >= 0.3 is 0 Å².